The quantitative estimate of drug-likeness (QED) is 0.532. The van der Waals surface area contributed by atoms with Crippen molar-refractivity contribution in [2.24, 2.45) is 0 Å². The molecule has 0 spiro atoms. The van der Waals surface area contributed by atoms with Crippen LogP contribution in [0.1, 0.15) is 31.9 Å². The zero-order valence-electron chi connectivity index (χ0n) is 10.8. The van der Waals surface area contributed by atoms with E-state index in [0.717, 1.165) is 11.5 Å². The van der Waals surface area contributed by atoms with Crippen LogP contribution in [0.4, 0.5) is 0 Å². The van der Waals surface area contributed by atoms with Crippen molar-refractivity contribution < 1.29 is 4.74 Å². The molecule has 0 aromatic heterocycles. The summed E-state index contributed by atoms with van der Waals surface area (Å²) < 4.78 is 5.72. The van der Waals surface area contributed by atoms with Crippen LogP contribution in [0.3, 0.4) is 0 Å². The predicted octanol–water partition coefficient (Wildman–Crippen LogP) is 4.55. The van der Waals surface area contributed by atoms with Crippen LogP contribution in [0, 0.1) is 13.8 Å². The molecule has 0 heterocycles. The van der Waals surface area contributed by atoms with E-state index in [0.29, 0.717) is 0 Å². The SMILES string of the molecule is CC(C)=CC=C(C)Oc1ccc(C)c(C)c1. The van der Waals surface area contributed by atoms with Crippen molar-refractivity contribution in [3.63, 3.8) is 0 Å². The Balaban J connectivity index is 2.77. The number of aryl methyl sites for hydroxylation is 2. The van der Waals surface area contributed by atoms with Crippen molar-refractivity contribution in [3.05, 3.63) is 52.8 Å². The van der Waals surface area contributed by atoms with Crippen LogP contribution in [0.2, 0.25) is 0 Å². The number of allylic oxidation sites excluding steroid dienone is 4. The van der Waals surface area contributed by atoms with E-state index in [4.69, 9.17) is 4.74 Å². The fraction of sp³-hybridized carbons (Fsp3) is 0.333. The van der Waals surface area contributed by atoms with Gasteiger partial charge in [-0.25, -0.2) is 0 Å². The van der Waals surface area contributed by atoms with E-state index in [1.165, 1.54) is 16.7 Å². The van der Waals surface area contributed by atoms with Crippen LogP contribution in [0.25, 0.3) is 0 Å². The summed E-state index contributed by atoms with van der Waals surface area (Å²) >= 11 is 0. The van der Waals surface area contributed by atoms with Gasteiger partial charge in [0.05, 0.1) is 0 Å². The fourth-order valence-corrected chi connectivity index (χ4v) is 1.28. The van der Waals surface area contributed by atoms with E-state index in [1.54, 1.807) is 0 Å². The molecule has 0 aliphatic carbocycles. The number of ether oxygens (including phenoxy) is 1. The van der Waals surface area contributed by atoms with Gasteiger partial charge >= 0.3 is 0 Å². The van der Waals surface area contributed by atoms with E-state index in [9.17, 15) is 0 Å². The Morgan fingerprint density at radius 2 is 1.69 bits per heavy atom. The van der Waals surface area contributed by atoms with Crippen molar-refractivity contribution >= 4 is 0 Å². The van der Waals surface area contributed by atoms with Crippen molar-refractivity contribution in [1.29, 1.82) is 0 Å². The van der Waals surface area contributed by atoms with E-state index in [1.807, 2.05) is 19.1 Å². The van der Waals surface area contributed by atoms with Crippen molar-refractivity contribution in [1.82, 2.24) is 0 Å². The Kier molecular flexibility index (Phi) is 4.36. The Morgan fingerprint density at radius 3 is 2.25 bits per heavy atom. The van der Waals surface area contributed by atoms with Gasteiger partial charge in [0.2, 0.25) is 0 Å². The Labute approximate surface area is 98.5 Å². The maximum absolute atomic E-state index is 5.72. The van der Waals surface area contributed by atoms with Crippen LogP contribution in [-0.2, 0) is 0 Å². The summed E-state index contributed by atoms with van der Waals surface area (Å²) in [6.45, 7) is 10.3. The van der Waals surface area contributed by atoms with Gasteiger partial charge in [0.15, 0.2) is 0 Å². The molecular weight excluding hydrogens is 196 g/mol. The third-order valence-electron chi connectivity index (χ3n) is 2.41. The molecule has 0 radical (unpaired) electrons. The van der Waals surface area contributed by atoms with Gasteiger partial charge in [-0.3, -0.25) is 0 Å². The second kappa shape index (κ2) is 5.55. The first kappa shape index (κ1) is 12.6. The smallest absolute Gasteiger partial charge is 0.127 e. The molecule has 0 atom stereocenters. The van der Waals surface area contributed by atoms with Crippen molar-refractivity contribution in [2.45, 2.75) is 34.6 Å². The molecule has 0 aliphatic rings. The molecule has 1 aromatic carbocycles. The summed E-state index contributed by atoms with van der Waals surface area (Å²) in [7, 11) is 0. The van der Waals surface area contributed by atoms with Gasteiger partial charge in [0.1, 0.15) is 11.5 Å². The highest BCUT2D eigenvalue weighted by Gasteiger charge is 1.97. The van der Waals surface area contributed by atoms with E-state index in [-0.39, 0.29) is 0 Å². The molecular formula is C15H20O. The minimum absolute atomic E-state index is 0.902. The summed E-state index contributed by atoms with van der Waals surface area (Å²) in [6, 6.07) is 6.15. The molecule has 1 heteroatoms. The van der Waals surface area contributed by atoms with Gasteiger partial charge in [-0.05, 0) is 64.0 Å². The summed E-state index contributed by atoms with van der Waals surface area (Å²) in [5, 5.41) is 0. The third-order valence-corrected chi connectivity index (χ3v) is 2.41. The number of hydrogen-bond acceptors (Lipinski definition) is 1. The molecule has 0 fully saturated rings. The lowest BCUT2D eigenvalue weighted by Gasteiger charge is -2.07. The zero-order valence-corrected chi connectivity index (χ0v) is 10.8. The molecule has 1 rings (SSSR count). The molecule has 0 aliphatic heterocycles. The first-order valence-corrected chi connectivity index (χ1v) is 5.56. The minimum atomic E-state index is 0.902. The summed E-state index contributed by atoms with van der Waals surface area (Å²) in [5.74, 6) is 1.81. The third kappa shape index (κ3) is 3.93. The predicted molar refractivity (Wildman–Crippen MR) is 69.7 cm³/mol. The molecule has 0 saturated carbocycles. The standard InChI is InChI=1S/C15H20O/c1-11(2)6-8-14(5)16-15-9-7-12(3)13(4)10-15/h6-10H,1-5H3. The average molecular weight is 216 g/mol. The van der Waals surface area contributed by atoms with Crippen LogP contribution < -0.4 is 4.74 Å². The average Bonchev–Trinajstić information content (AvgIpc) is 2.21. The summed E-state index contributed by atoms with van der Waals surface area (Å²) in [4.78, 5) is 0. The molecule has 0 saturated heterocycles. The first-order valence-electron chi connectivity index (χ1n) is 5.56. The van der Waals surface area contributed by atoms with Gasteiger partial charge in [-0.1, -0.05) is 17.7 Å². The lowest BCUT2D eigenvalue weighted by Crippen LogP contribution is -1.91. The molecule has 16 heavy (non-hydrogen) atoms. The Hall–Kier alpha value is -1.50. The second-order valence-corrected chi connectivity index (χ2v) is 4.37. The number of rotatable bonds is 3. The van der Waals surface area contributed by atoms with Crippen molar-refractivity contribution in [2.75, 3.05) is 0 Å². The van der Waals surface area contributed by atoms with Gasteiger partial charge in [0, 0.05) is 0 Å². The molecule has 0 unspecified atom stereocenters. The van der Waals surface area contributed by atoms with E-state index in [2.05, 4.69) is 45.9 Å². The minimum Gasteiger partial charge on any atom is -0.462 e. The van der Waals surface area contributed by atoms with Gasteiger partial charge in [0.25, 0.3) is 0 Å². The van der Waals surface area contributed by atoms with Gasteiger partial charge < -0.3 is 4.74 Å². The molecule has 0 amide bonds. The van der Waals surface area contributed by atoms with Crippen molar-refractivity contribution in [3.8, 4) is 5.75 Å². The van der Waals surface area contributed by atoms with Crippen LogP contribution in [0.15, 0.2) is 41.7 Å². The fourth-order valence-electron chi connectivity index (χ4n) is 1.28. The monoisotopic (exact) mass is 216 g/mol. The summed E-state index contributed by atoms with van der Waals surface area (Å²) in [5.41, 5.74) is 3.81. The Bertz CT molecular complexity index is 421. The van der Waals surface area contributed by atoms with Crippen LogP contribution >= 0.6 is 0 Å². The van der Waals surface area contributed by atoms with E-state index >= 15 is 0 Å². The number of benzene rings is 1. The normalized spacial score (nSPS) is 11.2. The molecule has 1 nitrogen and oxygen atoms in total. The molecule has 1 aromatic rings. The lowest BCUT2D eigenvalue weighted by molar-refractivity contribution is 0.427. The maximum Gasteiger partial charge on any atom is 0.127 e. The summed E-state index contributed by atoms with van der Waals surface area (Å²) in [6.07, 6.45) is 4.04. The first-order chi connectivity index (χ1) is 7.49. The topological polar surface area (TPSA) is 9.23 Å². The van der Waals surface area contributed by atoms with Gasteiger partial charge in [-0.15, -0.1) is 0 Å². The highest BCUT2D eigenvalue weighted by molar-refractivity contribution is 5.34. The molecule has 0 N–H and O–H groups in total. The molecule has 0 bridgehead atoms. The van der Waals surface area contributed by atoms with Crippen LogP contribution in [-0.4, -0.2) is 0 Å². The maximum atomic E-state index is 5.72. The number of hydrogen-bond donors (Lipinski definition) is 0. The van der Waals surface area contributed by atoms with Crippen LogP contribution in [0.5, 0.6) is 5.75 Å². The largest absolute Gasteiger partial charge is 0.462 e. The molecule has 86 valence electrons. The second-order valence-electron chi connectivity index (χ2n) is 4.37. The lowest BCUT2D eigenvalue weighted by atomic mass is 10.1. The highest BCUT2D eigenvalue weighted by atomic mass is 16.5. The Morgan fingerprint density at radius 1 is 1.00 bits per heavy atom. The highest BCUT2D eigenvalue weighted by Crippen LogP contribution is 2.18. The zero-order chi connectivity index (χ0) is 12.1. The van der Waals surface area contributed by atoms with Gasteiger partial charge in [-0.2, -0.15) is 0 Å². The van der Waals surface area contributed by atoms with E-state index < -0.39 is 0 Å².